The van der Waals surface area contributed by atoms with Gasteiger partial charge in [0, 0.05) is 11.1 Å². The highest BCUT2D eigenvalue weighted by atomic mass is 35.5. The Bertz CT molecular complexity index is 981. The SMILES string of the molecule is COc1ccc(Cl)cc1S(=O)(=O)Oc1cc(C)cc(OCCN2C[N+]2(C)N)c1. The van der Waals surface area contributed by atoms with Crippen LogP contribution in [0.1, 0.15) is 5.56 Å². The molecule has 8 nitrogen and oxygen atoms in total. The second-order valence-electron chi connectivity index (χ2n) is 6.75. The van der Waals surface area contributed by atoms with Gasteiger partial charge in [0.2, 0.25) is 6.67 Å². The van der Waals surface area contributed by atoms with Crippen LogP contribution in [0.25, 0.3) is 0 Å². The van der Waals surface area contributed by atoms with Gasteiger partial charge < -0.3 is 13.7 Å². The molecule has 0 bridgehead atoms. The Kier molecular flexibility index (Phi) is 5.74. The van der Waals surface area contributed by atoms with Crippen molar-refractivity contribution in [3.8, 4) is 17.2 Å². The number of nitrogens with zero attached hydrogens (tertiary/aromatic N) is 2. The minimum absolute atomic E-state index is 0.142. The summed E-state index contributed by atoms with van der Waals surface area (Å²) >= 11 is 5.93. The molecule has 1 heterocycles. The Morgan fingerprint density at radius 2 is 1.89 bits per heavy atom. The lowest BCUT2D eigenvalue weighted by atomic mass is 10.2. The smallest absolute Gasteiger partial charge is 0.342 e. The van der Waals surface area contributed by atoms with Crippen LogP contribution in [0.15, 0.2) is 41.3 Å². The van der Waals surface area contributed by atoms with Crippen molar-refractivity contribution in [3.63, 3.8) is 0 Å². The Morgan fingerprint density at radius 3 is 2.54 bits per heavy atom. The van der Waals surface area contributed by atoms with Gasteiger partial charge in [-0.1, -0.05) is 16.6 Å². The Morgan fingerprint density at radius 1 is 1.21 bits per heavy atom. The van der Waals surface area contributed by atoms with Crippen LogP contribution in [0.5, 0.6) is 17.2 Å². The number of hydrogen-bond acceptors (Lipinski definition) is 7. The second-order valence-corrected chi connectivity index (χ2v) is 8.70. The van der Waals surface area contributed by atoms with Crippen molar-refractivity contribution in [3.05, 3.63) is 47.0 Å². The quantitative estimate of drug-likeness (QED) is 0.298. The topological polar surface area (TPSA) is 90.9 Å². The van der Waals surface area contributed by atoms with Gasteiger partial charge in [-0.05, 0) is 42.8 Å². The van der Waals surface area contributed by atoms with Gasteiger partial charge in [0.25, 0.3) is 0 Å². The third-order valence-electron chi connectivity index (χ3n) is 4.25. The molecule has 2 atom stereocenters. The minimum atomic E-state index is -4.14. The minimum Gasteiger partial charge on any atom is -0.495 e. The first-order valence-electron chi connectivity index (χ1n) is 8.53. The van der Waals surface area contributed by atoms with E-state index in [4.69, 9.17) is 31.1 Å². The van der Waals surface area contributed by atoms with Crippen molar-refractivity contribution in [2.75, 3.05) is 34.0 Å². The first-order valence-corrected chi connectivity index (χ1v) is 10.3. The zero-order valence-electron chi connectivity index (χ0n) is 15.9. The van der Waals surface area contributed by atoms with Gasteiger partial charge in [0.1, 0.15) is 35.8 Å². The van der Waals surface area contributed by atoms with E-state index in [0.717, 1.165) is 12.2 Å². The molecule has 0 radical (unpaired) electrons. The van der Waals surface area contributed by atoms with E-state index in [1.165, 1.54) is 25.3 Å². The maximum atomic E-state index is 12.7. The Balaban J connectivity index is 1.74. The molecule has 1 aliphatic rings. The van der Waals surface area contributed by atoms with Crippen LogP contribution in [0.3, 0.4) is 0 Å². The number of benzene rings is 2. The molecule has 1 fully saturated rings. The molecule has 2 aromatic rings. The number of nitrogens with two attached hydrogens (primary N) is 1. The fraction of sp³-hybridized carbons (Fsp3) is 0.333. The fourth-order valence-corrected chi connectivity index (χ4v) is 4.08. The van der Waals surface area contributed by atoms with Crippen LogP contribution in [0.4, 0.5) is 0 Å². The van der Waals surface area contributed by atoms with Crippen LogP contribution in [-0.2, 0) is 10.1 Å². The highest BCUT2D eigenvalue weighted by Gasteiger charge is 2.46. The van der Waals surface area contributed by atoms with Crippen molar-refractivity contribution in [2.45, 2.75) is 11.8 Å². The second kappa shape index (κ2) is 7.76. The summed E-state index contributed by atoms with van der Waals surface area (Å²) in [6, 6.07) is 9.24. The largest absolute Gasteiger partial charge is 0.495 e. The van der Waals surface area contributed by atoms with E-state index < -0.39 is 10.1 Å². The number of hydrogen-bond donors (Lipinski definition) is 1. The summed E-state index contributed by atoms with van der Waals surface area (Å²) in [6.07, 6.45) is 0. The van der Waals surface area contributed by atoms with Crippen LogP contribution in [0, 0.1) is 6.92 Å². The monoisotopic (exact) mass is 428 g/mol. The van der Waals surface area contributed by atoms with Gasteiger partial charge in [-0.2, -0.15) is 19.0 Å². The van der Waals surface area contributed by atoms with Crippen LogP contribution >= 0.6 is 11.6 Å². The maximum absolute atomic E-state index is 12.7. The summed E-state index contributed by atoms with van der Waals surface area (Å²) in [5.74, 6) is 6.70. The number of methoxy groups -OCH3 is 1. The summed E-state index contributed by atoms with van der Waals surface area (Å²) in [5, 5.41) is 2.28. The van der Waals surface area contributed by atoms with Gasteiger partial charge in [0.05, 0.1) is 13.7 Å². The number of quaternary nitrogens is 1. The third-order valence-corrected chi connectivity index (χ3v) is 5.76. The molecular formula is C18H23ClN3O5S+. The van der Waals surface area contributed by atoms with Crippen LogP contribution in [0.2, 0.25) is 5.02 Å². The normalized spacial score (nSPS) is 21.2. The molecule has 0 aromatic heterocycles. The summed E-state index contributed by atoms with van der Waals surface area (Å²) < 4.78 is 41.9. The van der Waals surface area contributed by atoms with E-state index in [1.807, 2.05) is 19.0 Å². The number of halogens is 1. The Labute approximate surface area is 169 Å². The van der Waals surface area contributed by atoms with Gasteiger partial charge in [-0.3, -0.25) is 0 Å². The summed E-state index contributed by atoms with van der Waals surface area (Å²) in [6.45, 7) is 3.67. The molecule has 2 aromatic carbocycles. The average molecular weight is 429 g/mol. The standard InChI is InChI=1S/C18H23ClN3O5S/c1-13-8-15(26-7-6-21-12-22(21,2)20)11-16(9-13)27-28(23,24)18-10-14(19)4-5-17(18)25-3/h4-5,8-11H,6-7,12,20H2,1-3H3/q+1. The molecule has 0 aliphatic carbocycles. The lowest BCUT2D eigenvalue weighted by molar-refractivity contribution is -0.860. The lowest BCUT2D eigenvalue weighted by Gasteiger charge is -2.13. The van der Waals surface area contributed by atoms with Gasteiger partial charge in [-0.15, -0.1) is 0 Å². The van der Waals surface area contributed by atoms with Gasteiger partial charge >= 0.3 is 10.1 Å². The van der Waals surface area contributed by atoms with E-state index >= 15 is 0 Å². The average Bonchev–Trinajstić information content (AvgIpc) is 3.20. The zero-order valence-corrected chi connectivity index (χ0v) is 17.5. The summed E-state index contributed by atoms with van der Waals surface area (Å²) in [7, 11) is -0.871. The lowest BCUT2D eigenvalue weighted by Crippen LogP contribution is -2.35. The number of ether oxygens (including phenoxy) is 2. The predicted octanol–water partition coefficient (Wildman–Crippen LogP) is 2.31. The van der Waals surface area contributed by atoms with E-state index in [-0.39, 0.29) is 21.4 Å². The first kappa shape index (κ1) is 20.7. The molecule has 0 saturated carbocycles. The van der Waals surface area contributed by atoms with Gasteiger partial charge in [-0.25, -0.2) is 0 Å². The van der Waals surface area contributed by atoms with Crippen LogP contribution in [-0.4, -0.2) is 52.1 Å². The molecule has 28 heavy (non-hydrogen) atoms. The highest BCUT2D eigenvalue weighted by Crippen LogP contribution is 2.31. The molecular weight excluding hydrogens is 406 g/mol. The van der Waals surface area contributed by atoms with Crippen LogP contribution < -0.4 is 19.5 Å². The molecule has 152 valence electrons. The van der Waals surface area contributed by atoms with E-state index in [1.54, 1.807) is 18.2 Å². The van der Waals surface area contributed by atoms with Gasteiger partial charge in [0.15, 0.2) is 0 Å². The van der Waals surface area contributed by atoms with Crippen molar-refractivity contribution in [1.29, 1.82) is 0 Å². The summed E-state index contributed by atoms with van der Waals surface area (Å²) in [4.78, 5) is -0.145. The molecule has 2 unspecified atom stereocenters. The summed E-state index contributed by atoms with van der Waals surface area (Å²) in [5.41, 5.74) is 0.798. The zero-order chi connectivity index (χ0) is 20.5. The number of rotatable bonds is 8. The molecule has 10 heteroatoms. The molecule has 2 N–H and O–H groups in total. The molecule has 1 saturated heterocycles. The highest BCUT2D eigenvalue weighted by molar-refractivity contribution is 7.87. The van der Waals surface area contributed by atoms with Crippen molar-refractivity contribution in [2.24, 2.45) is 5.84 Å². The fourth-order valence-electron chi connectivity index (χ4n) is 2.73. The molecule has 1 aliphatic heterocycles. The van der Waals surface area contributed by atoms with Crippen molar-refractivity contribution < 1.29 is 26.8 Å². The molecule has 3 rings (SSSR count). The van der Waals surface area contributed by atoms with Crippen molar-refractivity contribution in [1.82, 2.24) is 5.01 Å². The maximum Gasteiger partial charge on any atom is 0.342 e. The van der Waals surface area contributed by atoms with E-state index in [0.29, 0.717) is 23.6 Å². The molecule has 0 amide bonds. The Hall–Kier alpha value is -2.04. The van der Waals surface area contributed by atoms with E-state index in [9.17, 15) is 8.42 Å². The third kappa shape index (κ3) is 4.86. The molecule has 0 spiro atoms. The van der Waals surface area contributed by atoms with E-state index in [2.05, 4.69) is 0 Å². The van der Waals surface area contributed by atoms with Crippen molar-refractivity contribution >= 4 is 21.7 Å². The first-order chi connectivity index (χ1) is 13.1. The number of aryl methyl sites for hydroxylation is 1. The predicted molar refractivity (Wildman–Crippen MR) is 104 cm³/mol.